The van der Waals surface area contributed by atoms with Gasteiger partial charge in [0.05, 0.1) is 6.54 Å². The fraction of sp³-hybridized carbons (Fsp3) is 0.0377. The first-order valence-corrected chi connectivity index (χ1v) is 20.2. The second kappa shape index (κ2) is 16.5. The number of thiophene rings is 1. The van der Waals surface area contributed by atoms with Gasteiger partial charge in [-0.3, -0.25) is 4.99 Å². The predicted molar refractivity (Wildman–Crippen MR) is 249 cm³/mol. The largest absolute Gasteiger partial charge is 0.311 e. The summed E-state index contributed by atoms with van der Waals surface area (Å²) in [6, 6.07) is 61.3. The number of amidine groups is 2. The van der Waals surface area contributed by atoms with Gasteiger partial charge in [-0.25, -0.2) is 9.98 Å². The lowest BCUT2D eigenvalue weighted by atomic mass is 9.99. The number of fused-ring (bicyclic) bond motifs is 4. The molecule has 1 aliphatic heterocycles. The zero-order valence-electron chi connectivity index (χ0n) is 32.0. The van der Waals surface area contributed by atoms with E-state index in [-0.39, 0.29) is 0 Å². The van der Waals surface area contributed by atoms with Crippen molar-refractivity contribution >= 4 is 66.8 Å². The Bertz CT molecular complexity index is 2900. The molecule has 9 rings (SSSR count). The summed E-state index contributed by atoms with van der Waals surface area (Å²) < 4.78 is 2.49. The van der Waals surface area contributed by atoms with E-state index < -0.39 is 0 Å². The minimum atomic E-state index is 0.488. The molecule has 1 aromatic heterocycles. The highest BCUT2D eigenvalue weighted by atomic mass is 32.1. The Balaban J connectivity index is 1.19. The molecule has 0 saturated heterocycles. The van der Waals surface area contributed by atoms with E-state index in [1.807, 2.05) is 59.9 Å². The van der Waals surface area contributed by atoms with E-state index in [1.165, 1.54) is 25.7 Å². The molecule has 4 nitrogen and oxygen atoms in total. The Hall–Kier alpha value is -7.21. The van der Waals surface area contributed by atoms with E-state index in [0.717, 1.165) is 62.4 Å². The second-order valence-corrected chi connectivity index (χ2v) is 15.2. The Kier molecular flexibility index (Phi) is 10.4. The maximum absolute atomic E-state index is 5.03. The molecular formula is C53H40N4S. The number of rotatable bonds is 7. The number of allylic oxidation sites excluding steroid dienone is 4. The summed E-state index contributed by atoms with van der Waals surface area (Å²) in [6.07, 6.45) is 7.48. The van der Waals surface area contributed by atoms with Gasteiger partial charge in [-0.15, -0.1) is 11.3 Å². The summed E-state index contributed by atoms with van der Waals surface area (Å²) in [4.78, 5) is 16.7. The normalized spacial score (nSPS) is 14.9. The molecule has 1 aliphatic rings. The maximum atomic E-state index is 5.03. The number of benzene rings is 7. The number of hydrogen-bond donors (Lipinski definition) is 0. The number of para-hydroxylation sites is 1. The van der Waals surface area contributed by atoms with Gasteiger partial charge in [0.1, 0.15) is 0 Å². The SMILES string of the molecule is C=N/C(=N\C(=N/Cc1ccccc1)c1ccc(-c2cc(N3C(=C)/C=C(c4ccccc4)\C=C/Cc4ccccc43)cc3c2sc2ccccc23)cc1)c1ccccc1. The molecule has 0 fully saturated rings. The fourth-order valence-corrected chi connectivity index (χ4v) is 8.77. The molecule has 0 bridgehead atoms. The van der Waals surface area contributed by atoms with Crippen LogP contribution < -0.4 is 4.90 Å². The smallest absolute Gasteiger partial charge is 0.161 e. The van der Waals surface area contributed by atoms with Gasteiger partial charge in [-0.05, 0) is 71.3 Å². The van der Waals surface area contributed by atoms with Crippen molar-refractivity contribution in [1.82, 2.24) is 0 Å². The van der Waals surface area contributed by atoms with E-state index in [9.17, 15) is 0 Å². The van der Waals surface area contributed by atoms with Gasteiger partial charge < -0.3 is 4.90 Å². The molecule has 8 aromatic rings. The zero-order valence-corrected chi connectivity index (χ0v) is 32.8. The van der Waals surface area contributed by atoms with Gasteiger partial charge in [0.25, 0.3) is 0 Å². The Morgan fingerprint density at radius 1 is 0.638 bits per heavy atom. The third kappa shape index (κ3) is 7.51. The topological polar surface area (TPSA) is 40.3 Å². The summed E-state index contributed by atoms with van der Waals surface area (Å²) in [5, 5.41) is 2.45. The molecule has 58 heavy (non-hydrogen) atoms. The summed E-state index contributed by atoms with van der Waals surface area (Å²) in [5.41, 5.74) is 11.7. The highest BCUT2D eigenvalue weighted by Gasteiger charge is 2.21. The molecule has 0 atom stereocenters. The van der Waals surface area contributed by atoms with E-state index >= 15 is 0 Å². The van der Waals surface area contributed by atoms with Crippen LogP contribution in [-0.2, 0) is 13.0 Å². The maximum Gasteiger partial charge on any atom is 0.161 e. The molecule has 0 radical (unpaired) electrons. The van der Waals surface area contributed by atoms with Gasteiger partial charge in [0.15, 0.2) is 11.7 Å². The lowest BCUT2D eigenvalue weighted by Gasteiger charge is -2.28. The van der Waals surface area contributed by atoms with Gasteiger partial charge >= 0.3 is 0 Å². The molecule has 0 spiro atoms. The van der Waals surface area contributed by atoms with Crippen LogP contribution in [-0.4, -0.2) is 18.4 Å². The van der Waals surface area contributed by atoms with Gasteiger partial charge in [-0.1, -0.05) is 170 Å². The van der Waals surface area contributed by atoms with Gasteiger partial charge in [0.2, 0.25) is 0 Å². The van der Waals surface area contributed by atoms with Crippen LogP contribution in [0.2, 0.25) is 0 Å². The molecule has 0 unspecified atom stereocenters. The van der Waals surface area contributed by atoms with Gasteiger partial charge in [0, 0.05) is 53.9 Å². The monoisotopic (exact) mass is 764 g/mol. The van der Waals surface area contributed by atoms with Crippen LogP contribution in [0.5, 0.6) is 0 Å². The van der Waals surface area contributed by atoms with Crippen LogP contribution in [0.15, 0.2) is 221 Å². The summed E-state index contributed by atoms with van der Waals surface area (Å²) in [6.45, 7) is 9.07. The number of nitrogens with zero attached hydrogens (tertiary/aromatic N) is 4. The molecule has 0 N–H and O–H groups in total. The third-order valence-electron chi connectivity index (χ3n) is 10.4. The van der Waals surface area contributed by atoms with E-state index in [2.05, 4.69) is 162 Å². The average molecular weight is 765 g/mol. The first-order chi connectivity index (χ1) is 28.6. The van der Waals surface area contributed by atoms with E-state index in [0.29, 0.717) is 18.2 Å². The molecule has 278 valence electrons. The van der Waals surface area contributed by atoms with Crippen molar-refractivity contribution in [3.63, 3.8) is 0 Å². The zero-order chi connectivity index (χ0) is 39.3. The first kappa shape index (κ1) is 36.4. The summed E-state index contributed by atoms with van der Waals surface area (Å²) in [7, 11) is 0. The van der Waals surface area contributed by atoms with E-state index in [4.69, 9.17) is 16.6 Å². The molecule has 7 aromatic carbocycles. The number of anilines is 2. The lowest BCUT2D eigenvalue weighted by molar-refractivity contribution is 1.06. The third-order valence-corrected chi connectivity index (χ3v) is 11.6. The highest BCUT2D eigenvalue weighted by Crippen LogP contribution is 2.45. The van der Waals surface area contributed by atoms with Crippen LogP contribution in [0, 0.1) is 0 Å². The number of hydrogen-bond acceptors (Lipinski definition) is 3. The molecular weight excluding hydrogens is 725 g/mol. The van der Waals surface area contributed by atoms with Gasteiger partial charge in [-0.2, -0.15) is 0 Å². The standard InChI is InChI=1S/C53H40N4S/c1-37-33-44(39-19-8-4-9-20-39)25-16-24-41-21-12-14-27-49(41)57(37)45-34-47(51-48(35-45)46-26-13-15-28-50(46)58-51)40-29-31-43(32-30-40)53(55-36-38-17-6-3-7-18-38)56-52(54-2)42-22-10-5-11-23-42/h3-23,25-35H,1-2,24,36H2/b25-16-,44-33+,55-53-,56-52-. The Labute approximate surface area is 343 Å². The molecule has 2 heterocycles. The quantitative estimate of drug-likeness (QED) is 0.118. The molecule has 0 amide bonds. The highest BCUT2D eigenvalue weighted by molar-refractivity contribution is 7.26. The first-order valence-electron chi connectivity index (χ1n) is 19.4. The minimum absolute atomic E-state index is 0.488. The predicted octanol–water partition coefficient (Wildman–Crippen LogP) is 13.7. The summed E-state index contributed by atoms with van der Waals surface area (Å²) in [5.74, 6) is 1.13. The second-order valence-electron chi connectivity index (χ2n) is 14.2. The van der Waals surface area contributed by atoms with Crippen LogP contribution in [0.1, 0.15) is 27.8 Å². The number of aliphatic imine (C=N–C) groups is 3. The molecule has 0 saturated carbocycles. The molecule has 0 aliphatic carbocycles. The van der Waals surface area contributed by atoms with Crippen molar-refractivity contribution in [2.45, 2.75) is 13.0 Å². The van der Waals surface area contributed by atoms with Crippen LogP contribution in [0.4, 0.5) is 11.4 Å². The fourth-order valence-electron chi connectivity index (χ4n) is 7.55. The van der Waals surface area contributed by atoms with Crippen molar-refractivity contribution in [3.8, 4) is 11.1 Å². The van der Waals surface area contributed by atoms with Crippen LogP contribution in [0.3, 0.4) is 0 Å². The average Bonchev–Trinajstić information content (AvgIpc) is 3.68. The van der Waals surface area contributed by atoms with Crippen molar-refractivity contribution in [2.75, 3.05) is 4.90 Å². The van der Waals surface area contributed by atoms with Crippen molar-refractivity contribution in [1.29, 1.82) is 0 Å². The molecule has 5 heteroatoms. The minimum Gasteiger partial charge on any atom is -0.311 e. The Morgan fingerprint density at radius 3 is 2.09 bits per heavy atom. The van der Waals surface area contributed by atoms with Crippen molar-refractivity contribution < 1.29 is 0 Å². The lowest BCUT2D eigenvalue weighted by Crippen LogP contribution is -2.16. The van der Waals surface area contributed by atoms with Crippen molar-refractivity contribution in [3.05, 3.63) is 234 Å². The van der Waals surface area contributed by atoms with Crippen molar-refractivity contribution in [2.24, 2.45) is 15.0 Å². The van der Waals surface area contributed by atoms with Crippen LogP contribution in [0.25, 0.3) is 36.9 Å². The summed E-state index contributed by atoms with van der Waals surface area (Å²) >= 11 is 1.83. The van der Waals surface area contributed by atoms with Crippen LogP contribution >= 0.6 is 11.3 Å². The van der Waals surface area contributed by atoms with E-state index in [1.54, 1.807) is 0 Å². The Morgan fingerprint density at radius 2 is 1.31 bits per heavy atom.